The molecule has 0 unspecified atom stereocenters. The number of rotatable bonds is 6. The molecule has 0 spiro atoms. The van der Waals surface area contributed by atoms with Gasteiger partial charge in [-0.15, -0.1) is 11.3 Å². The summed E-state index contributed by atoms with van der Waals surface area (Å²) < 4.78 is 16.0. The zero-order valence-corrected chi connectivity index (χ0v) is 15.0. The van der Waals surface area contributed by atoms with Crippen LogP contribution >= 0.6 is 11.3 Å². The number of hydrogen-bond acceptors (Lipinski definition) is 5. The molecule has 2 aromatic rings. The monoisotopic (exact) mass is 323 g/mol. The van der Waals surface area contributed by atoms with Gasteiger partial charge in [-0.2, -0.15) is 0 Å². The molecule has 1 heterocycles. The number of nitrogens with one attached hydrogen (secondary N) is 1. The lowest BCUT2D eigenvalue weighted by molar-refractivity contribution is 0.324. The van der Waals surface area contributed by atoms with E-state index in [1.165, 1.54) is 9.75 Å². The molecule has 1 aromatic carbocycles. The van der Waals surface area contributed by atoms with Crippen LogP contribution in [-0.2, 0) is 6.54 Å². The molecule has 0 radical (unpaired) electrons. The lowest BCUT2D eigenvalue weighted by Gasteiger charge is -2.14. The first kappa shape index (κ1) is 18.2. The van der Waals surface area contributed by atoms with Crippen molar-refractivity contribution in [3.8, 4) is 17.2 Å². The van der Waals surface area contributed by atoms with E-state index in [2.05, 4.69) is 24.4 Å². The van der Waals surface area contributed by atoms with Crippen LogP contribution in [-0.4, -0.2) is 21.3 Å². The minimum atomic E-state index is 0.604. The topological polar surface area (TPSA) is 39.7 Å². The zero-order valence-electron chi connectivity index (χ0n) is 14.1. The van der Waals surface area contributed by atoms with E-state index in [9.17, 15) is 0 Å². The van der Waals surface area contributed by atoms with Gasteiger partial charge in [0, 0.05) is 34.1 Å². The number of thiophene rings is 1. The van der Waals surface area contributed by atoms with Crippen LogP contribution in [0.3, 0.4) is 0 Å². The molecule has 122 valence electrons. The predicted octanol–water partition coefficient (Wildman–Crippen LogP) is 4.72. The van der Waals surface area contributed by atoms with E-state index in [4.69, 9.17) is 14.2 Å². The number of benzene rings is 1. The molecule has 0 bridgehead atoms. The Balaban J connectivity index is 0.00000116. The van der Waals surface area contributed by atoms with E-state index in [1.807, 2.05) is 26.0 Å². The second kappa shape index (κ2) is 9.20. The number of aryl methyl sites for hydroxylation is 1. The van der Waals surface area contributed by atoms with Gasteiger partial charge in [0.25, 0.3) is 0 Å². The second-order valence-corrected chi connectivity index (χ2v) is 5.65. The van der Waals surface area contributed by atoms with Gasteiger partial charge < -0.3 is 19.5 Å². The molecule has 0 fully saturated rings. The molecule has 5 heteroatoms. The van der Waals surface area contributed by atoms with E-state index in [0.717, 1.165) is 12.2 Å². The third kappa shape index (κ3) is 4.56. The van der Waals surface area contributed by atoms with Crippen molar-refractivity contribution < 1.29 is 14.2 Å². The first-order chi connectivity index (χ1) is 10.7. The number of hydrogen-bond donors (Lipinski definition) is 1. The molecule has 0 aliphatic carbocycles. The Labute approximate surface area is 137 Å². The molecule has 0 atom stereocenters. The SMILES string of the molecule is CC.COc1cc(NCc2ccc(C)s2)cc(OC)c1OC. The molecule has 2 rings (SSSR count). The minimum absolute atomic E-state index is 0.604. The van der Waals surface area contributed by atoms with Crippen molar-refractivity contribution >= 4 is 17.0 Å². The Morgan fingerprint density at radius 1 is 0.955 bits per heavy atom. The highest BCUT2D eigenvalue weighted by Crippen LogP contribution is 2.40. The fourth-order valence-corrected chi connectivity index (χ4v) is 2.78. The van der Waals surface area contributed by atoms with E-state index in [1.54, 1.807) is 32.7 Å². The lowest BCUT2D eigenvalue weighted by Crippen LogP contribution is -2.00. The summed E-state index contributed by atoms with van der Waals surface area (Å²) in [5, 5.41) is 3.37. The van der Waals surface area contributed by atoms with Gasteiger partial charge in [-0.3, -0.25) is 0 Å². The Bertz CT molecular complexity index is 556. The first-order valence-corrected chi connectivity index (χ1v) is 8.08. The van der Waals surface area contributed by atoms with Crippen molar-refractivity contribution in [2.24, 2.45) is 0 Å². The van der Waals surface area contributed by atoms with Gasteiger partial charge in [-0.25, -0.2) is 0 Å². The predicted molar refractivity (Wildman–Crippen MR) is 93.8 cm³/mol. The number of methoxy groups -OCH3 is 3. The van der Waals surface area contributed by atoms with Crippen molar-refractivity contribution in [1.29, 1.82) is 0 Å². The summed E-state index contributed by atoms with van der Waals surface area (Å²) in [6.45, 7) is 6.88. The molecule has 0 saturated carbocycles. The van der Waals surface area contributed by atoms with Crippen LogP contribution in [0.15, 0.2) is 24.3 Å². The van der Waals surface area contributed by atoms with Gasteiger partial charge in [0.1, 0.15) is 0 Å². The average molecular weight is 323 g/mol. The van der Waals surface area contributed by atoms with E-state index in [-0.39, 0.29) is 0 Å². The molecule has 4 nitrogen and oxygen atoms in total. The highest BCUT2D eigenvalue weighted by molar-refractivity contribution is 7.11. The maximum absolute atomic E-state index is 5.33. The van der Waals surface area contributed by atoms with Gasteiger partial charge in [0.05, 0.1) is 21.3 Å². The lowest BCUT2D eigenvalue weighted by atomic mass is 10.2. The summed E-state index contributed by atoms with van der Waals surface area (Å²) in [4.78, 5) is 2.60. The normalized spacial score (nSPS) is 9.55. The van der Waals surface area contributed by atoms with Crippen molar-refractivity contribution in [2.75, 3.05) is 26.6 Å². The Kier molecular flexibility index (Phi) is 7.60. The van der Waals surface area contributed by atoms with Crippen LogP contribution in [0.1, 0.15) is 23.6 Å². The number of ether oxygens (including phenoxy) is 3. The van der Waals surface area contributed by atoms with Crippen molar-refractivity contribution in [3.05, 3.63) is 34.0 Å². The van der Waals surface area contributed by atoms with Gasteiger partial charge in [0.2, 0.25) is 5.75 Å². The van der Waals surface area contributed by atoms with Crippen molar-refractivity contribution in [3.63, 3.8) is 0 Å². The molecule has 0 saturated heterocycles. The van der Waals surface area contributed by atoms with Crippen LogP contribution in [0.4, 0.5) is 5.69 Å². The van der Waals surface area contributed by atoms with Crippen molar-refractivity contribution in [1.82, 2.24) is 0 Å². The smallest absolute Gasteiger partial charge is 0.203 e. The fourth-order valence-electron chi connectivity index (χ4n) is 1.95. The summed E-state index contributed by atoms with van der Waals surface area (Å²) in [6, 6.07) is 8.06. The molecular formula is C17H25NO3S. The largest absolute Gasteiger partial charge is 0.493 e. The van der Waals surface area contributed by atoms with Gasteiger partial charge in [0.15, 0.2) is 11.5 Å². The van der Waals surface area contributed by atoms with E-state index < -0.39 is 0 Å². The number of anilines is 1. The van der Waals surface area contributed by atoms with Crippen molar-refractivity contribution in [2.45, 2.75) is 27.3 Å². The Hall–Kier alpha value is -1.88. The molecule has 0 aliphatic heterocycles. The average Bonchev–Trinajstić information content (AvgIpc) is 2.99. The summed E-state index contributed by atoms with van der Waals surface area (Å²) in [7, 11) is 4.83. The second-order valence-electron chi connectivity index (χ2n) is 4.28. The van der Waals surface area contributed by atoms with E-state index >= 15 is 0 Å². The highest BCUT2D eigenvalue weighted by Gasteiger charge is 2.13. The van der Waals surface area contributed by atoms with E-state index in [0.29, 0.717) is 17.2 Å². The Morgan fingerprint density at radius 3 is 1.95 bits per heavy atom. The minimum Gasteiger partial charge on any atom is -0.493 e. The quantitative estimate of drug-likeness (QED) is 0.835. The summed E-state index contributed by atoms with van der Waals surface area (Å²) in [5.74, 6) is 1.90. The summed E-state index contributed by atoms with van der Waals surface area (Å²) in [5.41, 5.74) is 0.936. The molecule has 0 aliphatic rings. The van der Waals surface area contributed by atoms with Crippen LogP contribution in [0.25, 0.3) is 0 Å². The van der Waals surface area contributed by atoms with Crippen LogP contribution in [0.2, 0.25) is 0 Å². The highest BCUT2D eigenvalue weighted by atomic mass is 32.1. The molecular weight excluding hydrogens is 298 g/mol. The zero-order chi connectivity index (χ0) is 16.5. The van der Waals surface area contributed by atoms with Crippen LogP contribution in [0.5, 0.6) is 17.2 Å². The first-order valence-electron chi connectivity index (χ1n) is 7.27. The van der Waals surface area contributed by atoms with Crippen LogP contribution in [0, 0.1) is 6.92 Å². The van der Waals surface area contributed by atoms with Gasteiger partial charge in [-0.1, -0.05) is 13.8 Å². The summed E-state index contributed by atoms with van der Waals surface area (Å²) in [6.07, 6.45) is 0. The van der Waals surface area contributed by atoms with Gasteiger partial charge in [-0.05, 0) is 19.1 Å². The molecule has 22 heavy (non-hydrogen) atoms. The maximum atomic E-state index is 5.33. The van der Waals surface area contributed by atoms with Gasteiger partial charge >= 0.3 is 0 Å². The third-order valence-electron chi connectivity index (χ3n) is 2.93. The maximum Gasteiger partial charge on any atom is 0.203 e. The Morgan fingerprint density at radius 2 is 1.55 bits per heavy atom. The summed E-state index contributed by atoms with van der Waals surface area (Å²) >= 11 is 1.78. The molecule has 1 N–H and O–H groups in total. The fraction of sp³-hybridized carbons (Fsp3) is 0.412. The molecule has 0 amide bonds. The third-order valence-corrected chi connectivity index (χ3v) is 3.93. The van der Waals surface area contributed by atoms with Crippen LogP contribution < -0.4 is 19.5 Å². The standard InChI is InChI=1S/C15H19NO3S.C2H6/c1-10-5-6-12(20-10)9-16-11-7-13(17-2)15(19-4)14(8-11)18-3;1-2/h5-8,16H,9H2,1-4H3;1-2H3. The molecule has 1 aromatic heterocycles.